The summed E-state index contributed by atoms with van der Waals surface area (Å²) in [5.74, 6) is -0.653. The number of rotatable bonds is 27. The molecule has 0 amide bonds. The van der Waals surface area contributed by atoms with Crippen LogP contribution in [0, 0.1) is 0 Å². The fourth-order valence-corrected chi connectivity index (χ4v) is 5.19. The van der Waals surface area contributed by atoms with Crippen molar-refractivity contribution in [2.75, 3.05) is 6.54 Å². The third kappa shape index (κ3) is 33.4. The molecule has 0 heterocycles. The maximum atomic E-state index is 10.3. The molecule has 0 aromatic heterocycles. The number of carboxylic acid groups (broad SMARTS) is 1. The first kappa shape index (κ1) is 38.6. The van der Waals surface area contributed by atoms with Gasteiger partial charge in [0.1, 0.15) is 0 Å². The van der Waals surface area contributed by atoms with Gasteiger partial charge in [0.05, 0.1) is 0 Å². The summed E-state index contributed by atoms with van der Waals surface area (Å²) in [6, 6.07) is 1.39. The SMILES string of the molecule is CCCCCCCCCCCCCCCCCC(=O)O.CCCCCCCCCCN(C(C)C)C(C)C. The predicted octanol–water partition coefficient (Wildman–Crippen LogP) is 11.6. The number of aliphatic carboxylic acids is 1. The van der Waals surface area contributed by atoms with Crippen molar-refractivity contribution in [2.24, 2.45) is 0 Å². The fraction of sp³-hybridized carbons (Fsp3) is 0.971. The molecular formula is C34H71NO2. The van der Waals surface area contributed by atoms with Crippen LogP contribution in [-0.4, -0.2) is 34.6 Å². The zero-order valence-electron chi connectivity index (χ0n) is 26.6. The van der Waals surface area contributed by atoms with Gasteiger partial charge in [-0.25, -0.2) is 0 Å². The van der Waals surface area contributed by atoms with Gasteiger partial charge in [0.15, 0.2) is 0 Å². The molecule has 0 rings (SSSR count). The molecule has 0 bridgehead atoms. The van der Waals surface area contributed by atoms with E-state index in [9.17, 15) is 4.79 Å². The van der Waals surface area contributed by atoms with Gasteiger partial charge in [-0.15, -0.1) is 0 Å². The molecule has 0 aliphatic carbocycles. The molecule has 3 nitrogen and oxygen atoms in total. The number of hydrogen-bond acceptors (Lipinski definition) is 2. The molecule has 0 fully saturated rings. The lowest BCUT2D eigenvalue weighted by Crippen LogP contribution is -2.37. The Morgan fingerprint density at radius 1 is 0.486 bits per heavy atom. The Balaban J connectivity index is 0. The van der Waals surface area contributed by atoms with Gasteiger partial charge >= 0.3 is 5.97 Å². The number of carbonyl (C=O) groups is 1. The average molecular weight is 526 g/mol. The van der Waals surface area contributed by atoms with E-state index >= 15 is 0 Å². The largest absolute Gasteiger partial charge is 0.481 e. The van der Waals surface area contributed by atoms with E-state index in [1.165, 1.54) is 141 Å². The van der Waals surface area contributed by atoms with E-state index in [1.807, 2.05) is 0 Å². The lowest BCUT2D eigenvalue weighted by Gasteiger charge is -2.30. The van der Waals surface area contributed by atoms with Crippen LogP contribution in [0.3, 0.4) is 0 Å². The van der Waals surface area contributed by atoms with Crippen LogP contribution in [0.4, 0.5) is 0 Å². The molecule has 37 heavy (non-hydrogen) atoms. The monoisotopic (exact) mass is 526 g/mol. The van der Waals surface area contributed by atoms with Crippen molar-refractivity contribution in [3.05, 3.63) is 0 Å². The van der Waals surface area contributed by atoms with Crippen LogP contribution in [0.1, 0.15) is 196 Å². The lowest BCUT2D eigenvalue weighted by atomic mass is 10.0. The van der Waals surface area contributed by atoms with Crippen LogP contribution in [0.15, 0.2) is 0 Å². The zero-order valence-corrected chi connectivity index (χ0v) is 26.6. The third-order valence-electron chi connectivity index (χ3n) is 7.59. The predicted molar refractivity (Wildman–Crippen MR) is 167 cm³/mol. The number of unbranched alkanes of at least 4 members (excludes halogenated alkanes) is 21. The van der Waals surface area contributed by atoms with Crippen molar-refractivity contribution < 1.29 is 9.90 Å². The number of hydrogen-bond donors (Lipinski definition) is 1. The van der Waals surface area contributed by atoms with E-state index < -0.39 is 5.97 Å². The van der Waals surface area contributed by atoms with Gasteiger partial charge in [-0.1, -0.05) is 149 Å². The highest BCUT2D eigenvalue weighted by atomic mass is 16.4. The minimum absolute atomic E-state index is 0.345. The summed E-state index contributed by atoms with van der Waals surface area (Å²) in [6.07, 6.45) is 31.6. The molecule has 0 spiro atoms. The van der Waals surface area contributed by atoms with Crippen LogP contribution >= 0.6 is 0 Å². The van der Waals surface area contributed by atoms with Gasteiger partial charge in [-0.2, -0.15) is 0 Å². The van der Waals surface area contributed by atoms with E-state index in [-0.39, 0.29) is 0 Å². The summed E-state index contributed by atoms with van der Waals surface area (Å²) in [6.45, 7) is 15.1. The molecule has 0 aliphatic rings. The van der Waals surface area contributed by atoms with Crippen LogP contribution in [-0.2, 0) is 4.79 Å². The molecule has 0 aromatic rings. The molecule has 3 heteroatoms. The Labute approximate surface area is 235 Å². The minimum Gasteiger partial charge on any atom is -0.481 e. The topological polar surface area (TPSA) is 40.5 Å². The lowest BCUT2D eigenvalue weighted by molar-refractivity contribution is -0.137. The smallest absolute Gasteiger partial charge is 0.303 e. The molecule has 0 radical (unpaired) electrons. The van der Waals surface area contributed by atoms with Crippen molar-refractivity contribution in [3.8, 4) is 0 Å². The molecule has 224 valence electrons. The number of nitrogens with zero attached hydrogens (tertiary/aromatic N) is 1. The van der Waals surface area contributed by atoms with Gasteiger partial charge in [-0.05, 0) is 47.1 Å². The molecule has 0 saturated carbocycles. The van der Waals surface area contributed by atoms with Crippen molar-refractivity contribution in [3.63, 3.8) is 0 Å². The van der Waals surface area contributed by atoms with Crippen molar-refractivity contribution in [1.29, 1.82) is 0 Å². The first-order valence-corrected chi connectivity index (χ1v) is 16.8. The van der Waals surface area contributed by atoms with Gasteiger partial charge in [0.25, 0.3) is 0 Å². The van der Waals surface area contributed by atoms with Crippen LogP contribution in [0.2, 0.25) is 0 Å². The molecule has 0 aliphatic heterocycles. The quantitative estimate of drug-likeness (QED) is 0.108. The second-order valence-electron chi connectivity index (χ2n) is 12.0. The van der Waals surface area contributed by atoms with E-state index in [1.54, 1.807) is 0 Å². The van der Waals surface area contributed by atoms with Crippen molar-refractivity contribution >= 4 is 5.97 Å². The summed E-state index contributed by atoms with van der Waals surface area (Å²) < 4.78 is 0. The van der Waals surface area contributed by atoms with E-state index in [2.05, 4.69) is 46.4 Å². The Morgan fingerprint density at radius 2 is 0.757 bits per heavy atom. The van der Waals surface area contributed by atoms with Crippen LogP contribution in [0.5, 0.6) is 0 Å². The highest BCUT2D eigenvalue weighted by Gasteiger charge is 2.11. The van der Waals surface area contributed by atoms with Gasteiger partial charge < -0.3 is 5.11 Å². The second-order valence-corrected chi connectivity index (χ2v) is 12.0. The first-order valence-electron chi connectivity index (χ1n) is 16.8. The fourth-order valence-electron chi connectivity index (χ4n) is 5.19. The molecule has 0 aromatic carbocycles. The van der Waals surface area contributed by atoms with Gasteiger partial charge in [0, 0.05) is 18.5 Å². The molecule has 0 atom stereocenters. The van der Waals surface area contributed by atoms with E-state index in [0.717, 1.165) is 12.8 Å². The van der Waals surface area contributed by atoms with E-state index in [4.69, 9.17) is 5.11 Å². The summed E-state index contributed by atoms with van der Waals surface area (Å²) in [5, 5.41) is 8.52. The average Bonchev–Trinajstić information content (AvgIpc) is 2.85. The zero-order chi connectivity index (χ0) is 28.0. The maximum Gasteiger partial charge on any atom is 0.303 e. The maximum absolute atomic E-state index is 10.3. The highest BCUT2D eigenvalue weighted by Crippen LogP contribution is 2.14. The minimum atomic E-state index is -0.653. The van der Waals surface area contributed by atoms with Crippen LogP contribution in [0.25, 0.3) is 0 Å². The summed E-state index contributed by atoms with van der Waals surface area (Å²) in [7, 11) is 0. The summed E-state index contributed by atoms with van der Waals surface area (Å²) >= 11 is 0. The summed E-state index contributed by atoms with van der Waals surface area (Å²) in [5.41, 5.74) is 0. The van der Waals surface area contributed by atoms with Crippen molar-refractivity contribution in [2.45, 2.75) is 208 Å². The Bertz CT molecular complexity index is 428. The second kappa shape index (κ2) is 31.6. The normalized spacial score (nSPS) is 11.4. The van der Waals surface area contributed by atoms with E-state index in [0.29, 0.717) is 18.5 Å². The van der Waals surface area contributed by atoms with Crippen LogP contribution < -0.4 is 0 Å². The molecular weight excluding hydrogens is 454 g/mol. The van der Waals surface area contributed by atoms with Crippen molar-refractivity contribution in [1.82, 2.24) is 4.90 Å². The van der Waals surface area contributed by atoms with Gasteiger partial charge in [0.2, 0.25) is 0 Å². The first-order chi connectivity index (χ1) is 17.9. The highest BCUT2D eigenvalue weighted by molar-refractivity contribution is 5.66. The molecule has 0 unspecified atom stereocenters. The third-order valence-corrected chi connectivity index (χ3v) is 7.59. The number of carboxylic acids is 1. The van der Waals surface area contributed by atoms with Gasteiger partial charge in [-0.3, -0.25) is 9.69 Å². The molecule has 0 saturated heterocycles. The Morgan fingerprint density at radius 3 is 1.03 bits per heavy atom. The summed E-state index contributed by atoms with van der Waals surface area (Å²) in [4.78, 5) is 12.9. The Hall–Kier alpha value is -0.570. The molecule has 1 N–H and O–H groups in total. The standard InChI is InChI=1S/C18H36O2.C16H35N/c1-2-3-4-5-6-7-8-9-10-11-12-13-14-15-16-17-18(19)20;1-6-7-8-9-10-11-12-13-14-17(15(2)3)16(4)5/h2-17H2,1H3,(H,19,20);15-16H,6-14H2,1-5H3. The Kier molecular flexibility index (Phi) is 33.0.